The molecule has 0 spiro atoms. The van der Waals surface area contributed by atoms with E-state index in [2.05, 4.69) is 6.58 Å². The van der Waals surface area contributed by atoms with E-state index in [0.717, 1.165) is 16.7 Å². The zero-order chi connectivity index (χ0) is 20.7. The second-order valence-corrected chi connectivity index (χ2v) is 7.77. The number of carbonyl (C=O) groups is 2. The van der Waals surface area contributed by atoms with Crippen molar-refractivity contribution >= 4 is 17.5 Å². The number of methoxy groups -OCH3 is 3. The van der Waals surface area contributed by atoms with Crippen molar-refractivity contribution in [3.8, 4) is 0 Å². The molecule has 28 heavy (non-hydrogen) atoms. The molecule has 0 aliphatic heterocycles. The van der Waals surface area contributed by atoms with Crippen molar-refractivity contribution < 1.29 is 28.9 Å². The summed E-state index contributed by atoms with van der Waals surface area (Å²) < 4.78 is 15.4. The van der Waals surface area contributed by atoms with Crippen LogP contribution in [0, 0.1) is 10.8 Å². The Bertz CT molecular complexity index is 852. The summed E-state index contributed by atoms with van der Waals surface area (Å²) in [5.41, 5.74) is 1.13. The molecule has 0 amide bonds. The van der Waals surface area contributed by atoms with Gasteiger partial charge in [-0.3, -0.25) is 9.59 Å². The van der Waals surface area contributed by atoms with E-state index in [-0.39, 0.29) is 12.8 Å². The average Bonchev–Trinajstić information content (AvgIpc) is 2.70. The van der Waals surface area contributed by atoms with Crippen LogP contribution in [0.15, 0.2) is 42.2 Å². The summed E-state index contributed by atoms with van der Waals surface area (Å²) >= 11 is 0. The Hall–Kier alpha value is -2.60. The third kappa shape index (κ3) is 2.83. The van der Waals surface area contributed by atoms with E-state index in [9.17, 15) is 14.7 Å². The van der Waals surface area contributed by atoms with Gasteiger partial charge in [-0.05, 0) is 40.5 Å². The minimum Gasteiger partial charge on any atom is -0.497 e. The van der Waals surface area contributed by atoms with Gasteiger partial charge in [0.15, 0.2) is 5.41 Å². The predicted octanol–water partition coefficient (Wildman–Crippen LogP) is 3.17. The van der Waals surface area contributed by atoms with Crippen molar-refractivity contribution in [1.29, 1.82) is 0 Å². The largest absolute Gasteiger partial charge is 0.497 e. The number of aliphatic hydroxyl groups excluding tert-OH is 1. The first kappa shape index (κ1) is 20.1. The minimum absolute atomic E-state index is 0.0639. The molecule has 0 fully saturated rings. The van der Waals surface area contributed by atoms with Crippen molar-refractivity contribution in [2.75, 3.05) is 21.3 Å². The molecule has 150 valence electrons. The maximum atomic E-state index is 12.8. The van der Waals surface area contributed by atoms with Crippen LogP contribution in [-0.2, 0) is 23.8 Å². The first-order valence-corrected chi connectivity index (χ1v) is 9.15. The van der Waals surface area contributed by atoms with E-state index in [1.807, 2.05) is 31.2 Å². The average molecular weight is 386 g/mol. The Balaban J connectivity index is 2.33. The highest BCUT2D eigenvalue weighted by atomic mass is 16.5. The van der Waals surface area contributed by atoms with Crippen LogP contribution in [0.2, 0.25) is 0 Å². The Kier molecular flexibility index (Phi) is 5.10. The molecule has 0 unspecified atom stereocenters. The summed E-state index contributed by atoms with van der Waals surface area (Å²) in [6, 6.07) is 7.62. The molecule has 6 nitrogen and oxygen atoms in total. The fourth-order valence-corrected chi connectivity index (χ4v) is 4.91. The van der Waals surface area contributed by atoms with Gasteiger partial charge >= 0.3 is 11.9 Å². The molecular weight excluding hydrogens is 360 g/mol. The molecule has 3 rings (SSSR count). The summed E-state index contributed by atoms with van der Waals surface area (Å²) in [4.78, 5) is 25.6. The van der Waals surface area contributed by atoms with Crippen LogP contribution < -0.4 is 0 Å². The van der Waals surface area contributed by atoms with Gasteiger partial charge in [-0.1, -0.05) is 37.8 Å². The molecule has 0 aromatic heterocycles. The molecule has 0 saturated carbocycles. The molecule has 2 atom stereocenters. The summed E-state index contributed by atoms with van der Waals surface area (Å²) in [5, 5.41) is 10.8. The zero-order valence-electron chi connectivity index (χ0n) is 16.7. The van der Waals surface area contributed by atoms with Gasteiger partial charge in [0.2, 0.25) is 0 Å². The second-order valence-electron chi connectivity index (χ2n) is 7.77. The summed E-state index contributed by atoms with van der Waals surface area (Å²) in [5.74, 6) is -0.937. The SMILES string of the molecule is C=C(OC)C1=C2c3ccccc3[C@@H](O)C[C@@]2(C)CC(C(=O)OC)(C(=O)OC)C1. The number of fused-ring (bicyclic) bond motifs is 3. The molecular formula is C22H26O6. The fourth-order valence-electron chi connectivity index (χ4n) is 4.91. The van der Waals surface area contributed by atoms with Gasteiger partial charge in [-0.2, -0.15) is 0 Å². The monoisotopic (exact) mass is 386 g/mol. The minimum atomic E-state index is -1.52. The van der Waals surface area contributed by atoms with E-state index in [1.54, 1.807) is 0 Å². The third-order valence-electron chi connectivity index (χ3n) is 6.04. The van der Waals surface area contributed by atoms with Crippen molar-refractivity contribution in [3.05, 3.63) is 53.3 Å². The summed E-state index contributed by atoms with van der Waals surface area (Å²) in [6.07, 6.45) is -0.127. The van der Waals surface area contributed by atoms with Gasteiger partial charge in [0.1, 0.15) is 5.76 Å². The van der Waals surface area contributed by atoms with Crippen LogP contribution in [0.25, 0.3) is 5.57 Å². The number of hydrogen-bond acceptors (Lipinski definition) is 6. The predicted molar refractivity (Wildman–Crippen MR) is 103 cm³/mol. The van der Waals surface area contributed by atoms with Gasteiger partial charge in [0.25, 0.3) is 0 Å². The molecule has 1 aromatic carbocycles. The lowest BCUT2D eigenvalue weighted by atomic mass is 9.54. The highest BCUT2D eigenvalue weighted by Crippen LogP contribution is 2.61. The second kappa shape index (κ2) is 7.09. The zero-order valence-corrected chi connectivity index (χ0v) is 16.7. The highest BCUT2D eigenvalue weighted by molar-refractivity contribution is 6.02. The number of benzene rings is 1. The highest BCUT2D eigenvalue weighted by Gasteiger charge is 2.59. The quantitative estimate of drug-likeness (QED) is 0.486. The Morgan fingerprint density at radius 1 is 1.11 bits per heavy atom. The van der Waals surface area contributed by atoms with Crippen LogP contribution in [0.5, 0.6) is 0 Å². The normalized spacial score (nSPS) is 25.2. The molecule has 0 radical (unpaired) electrons. The van der Waals surface area contributed by atoms with E-state index >= 15 is 0 Å². The molecule has 6 heteroatoms. The summed E-state index contributed by atoms with van der Waals surface area (Å²) in [7, 11) is 4.01. The van der Waals surface area contributed by atoms with Crippen LogP contribution in [0.3, 0.4) is 0 Å². The van der Waals surface area contributed by atoms with Crippen LogP contribution in [0.4, 0.5) is 0 Å². The van der Waals surface area contributed by atoms with E-state index in [1.165, 1.54) is 21.3 Å². The van der Waals surface area contributed by atoms with E-state index < -0.39 is 28.9 Å². The van der Waals surface area contributed by atoms with Crippen molar-refractivity contribution in [1.82, 2.24) is 0 Å². The van der Waals surface area contributed by atoms with Gasteiger partial charge in [0, 0.05) is 6.42 Å². The molecule has 2 aliphatic rings. The number of hydrogen-bond donors (Lipinski definition) is 1. The maximum Gasteiger partial charge on any atom is 0.323 e. The first-order chi connectivity index (χ1) is 13.2. The third-order valence-corrected chi connectivity index (χ3v) is 6.04. The molecule has 0 heterocycles. The van der Waals surface area contributed by atoms with Crippen molar-refractivity contribution in [2.45, 2.75) is 32.3 Å². The van der Waals surface area contributed by atoms with Gasteiger partial charge in [-0.25, -0.2) is 0 Å². The van der Waals surface area contributed by atoms with Crippen molar-refractivity contribution in [2.24, 2.45) is 10.8 Å². The standard InChI is InChI=1S/C22H26O6/c1-13(26-3)16-10-22(19(24)27-4,20(25)28-5)12-21(2)11-17(23)14-8-6-7-9-15(14)18(16)21/h6-9,17,23H,1,10-12H2,2-5H3/t17-,21-/m0/s1. The lowest BCUT2D eigenvalue weighted by Crippen LogP contribution is -2.49. The maximum absolute atomic E-state index is 12.8. The number of carbonyl (C=O) groups excluding carboxylic acids is 2. The fraction of sp³-hybridized carbons (Fsp3) is 0.455. The van der Waals surface area contributed by atoms with E-state index in [0.29, 0.717) is 17.8 Å². The van der Waals surface area contributed by atoms with Crippen LogP contribution >= 0.6 is 0 Å². The Labute approximate surface area is 164 Å². The summed E-state index contributed by atoms with van der Waals surface area (Å²) in [6.45, 7) is 5.95. The first-order valence-electron chi connectivity index (χ1n) is 9.15. The number of ether oxygens (including phenoxy) is 3. The Morgan fingerprint density at radius 2 is 1.71 bits per heavy atom. The van der Waals surface area contributed by atoms with Crippen molar-refractivity contribution in [3.63, 3.8) is 0 Å². The lowest BCUT2D eigenvalue weighted by molar-refractivity contribution is -0.172. The van der Waals surface area contributed by atoms with Crippen LogP contribution in [-0.4, -0.2) is 38.4 Å². The molecule has 0 saturated heterocycles. The van der Waals surface area contributed by atoms with Gasteiger partial charge < -0.3 is 19.3 Å². The van der Waals surface area contributed by atoms with E-state index in [4.69, 9.17) is 14.2 Å². The van der Waals surface area contributed by atoms with Gasteiger partial charge in [-0.15, -0.1) is 0 Å². The topological polar surface area (TPSA) is 82.1 Å². The number of aliphatic hydroxyl groups is 1. The molecule has 1 aromatic rings. The Morgan fingerprint density at radius 3 is 2.29 bits per heavy atom. The lowest BCUT2D eigenvalue weighted by Gasteiger charge is -2.49. The smallest absolute Gasteiger partial charge is 0.323 e. The number of allylic oxidation sites excluding steroid dienone is 2. The number of esters is 2. The molecule has 0 bridgehead atoms. The number of rotatable bonds is 4. The molecule has 1 N–H and O–H groups in total. The molecule has 2 aliphatic carbocycles. The van der Waals surface area contributed by atoms with Crippen LogP contribution in [0.1, 0.15) is 43.4 Å². The van der Waals surface area contributed by atoms with Gasteiger partial charge in [0.05, 0.1) is 27.4 Å².